The SMILES string of the molecule is CCCN(c1nc(CNC)co1)C(C)C. The van der Waals surface area contributed by atoms with Crippen LogP contribution in [0.1, 0.15) is 32.9 Å². The Morgan fingerprint density at radius 2 is 2.27 bits per heavy atom. The summed E-state index contributed by atoms with van der Waals surface area (Å²) in [6.45, 7) is 8.20. The predicted octanol–water partition coefficient (Wildman–Crippen LogP) is 2.02. The van der Waals surface area contributed by atoms with Gasteiger partial charge in [0.2, 0.25) is 0 Å². The van der Waals surface area contributed by atoms with Crippen molar-refractivity contribution in [2.24, 2.45) is 0 Å². The number of nitrogens with zero attached hydrogens (tertiary/aromatic N) is 2. The normalized spacial score (nSPS) is 11.0. The van der Waals surface area contributed by atoms with Crippen molar-refractivity contribution in [3.63, 3.8) is 0 Å². The van der Waals surface area contributed by atoms with E-state index in [1.807, 2.05) is 7.05 Å². The van der Waals surface area contributed by atoms with Gasteiger partial charge in [0.1, 0.15) is 6.26 Å². The topological polar surface area (TPSA) is 41.3 Å². The Labute approximate surface area is 91.7 Å². The second-order valence-corrected chi connectivity index (χ2v) is 3.94. The third-order valence-electron chi connectivity index (χ3n) is 2.23. The second-order valence-electron chi connectivity index (χ2n) is 3.94. The molecule has 0 bridgehead atoms. The van der Waals surface area contributed by atoms with E-state index in [1.165, 1.54) is 0 Å². The first-order chi connectivity index (χ1) is 7.19. The third kappa shape index (κ3) is 3.23. The molecule has 0 radical (unpaired) electrons. The Bertz CT molecular complexity index is 283. The number of hydrogen-bond acceptors (Lipinski definition) is 4. The summed E-state index contributed by atoms with van der Waals surface area (Å²) < 4.78 is 5.47. The first kappa shape index (κ1) is 12.0. The highest BCUT2D eigenvalue weighted by atomic mass is 16.4. The van der Waals surface area contributed by atoms with Gasteiger partial charge in [0, 0.05) is 19.1 Å². The standard InChI is InChI=1S/C11H21N3O/c1-5-6-14(9(2)3)11-13-10(7-12-4)8-15-11/h8-9,12H,5-7H2,1-4H3. The number of hydrogen-bond donors (Lipinski definition) is 1. The second kappa shape index (κ2) is 5.75. The molecule has 0 unspecified atom stereocenters. The van der Waals surface area contributed by atoms with Gasteiger partial charge >= 0.3 is 0 Å². The molecule has 4 nitrogen and oxygen atoms in total. The molecule has 0 aliphatic carbocycles. The Kier molecular flexibility index (Phi) is 4.62. The van der Waals surface area contributed by atoms with E-state index in [2.05, 4.69) is 36.0 Å². The molecule has 1 rings (SSSR count). The van der Waals surface area contributed by atoms with Crippen LogP contribution in [0.5, 0.6) is 0 Å². The summed E-state index contributed by atoms with van der Waals surface area (Å²) >= 11 is 0. The van der Waals surface area contributed by atoms with Crippen LogP contribution in [-0.4, -0.2) is 24.6 Å². The van der Waals surface area contributed by atoms with Crippen molar-refractivity contribution in [2.75, 3.05) is 18.5 Å². The molecule has 0 spiro atoms. The maximum absolute atomic E-state index is 5.47. The molecular formula is C11H21N3O. The molecule has 0 aliphatic heterocycles. The van der Waals surface area contributed by atoms with Gasteiger partial charge in [-0.25, -0.2) is 0 Å². The van der Waals surface area contributed by atoms with Crippen molar-refractivity contribution in [1.82, 2.24) is 10.3 Å². The van der Waals surface area contributed by atoms with Crippen LogP contribution in [0.3, 0.4) is 0 Å². The molecule has 4 heteroatoms. The molecule has 0 saturated heterocycles. The maximum atomic E-state index is 5.47. The van der Waals surface area contributed by atoms with Gasteiger partial charge < -0.3 is 14.6 Å². The minimum Gasteiger partial charge on any atom is -0.432 e. The molecule has 1 N–H and O–H groups in total. The van der Waals surface area contributed by atoms with Gasteiger partial charge in [-0.15, -0.1) is 0 Å². The van der Waals surface area contributed by atoms with Gasteiger partial charge in [-0.2, -0.15) is 4.98 Å². The quantitative estimate of drug-likeness (QED) is 0.781. The van der Waals surface area contributed by atoms with Crippen LogP contribution >= 0.6 is 0 Å². The number of rotatable bonds is 6. The number of oxazole rings is 1. The van der Waals surface area contributed by atoms with Crippen LogP contribution in [0, 0.1) is 0 Å². The average molecular weight is 211 g/mol. The number of aromatic nitrogens is 1. The van der Waals surface area contributed by atoms with E-state index >= 15 is 0 Å². The summed E-state index contributed by atoms with van der Waals surface area (Å²) in [7, 11) is 1.90. The summed E-state index contributed by atoms with van der Waals surface area (Å²) in [6.07, 6.45) is 2.82. The van der Waals surface area contributed by atoms with Crippen LogP contribution in [0.2, 0.25) is 0 Å². The molecule has 86 valence electrons. The first-order valence-electron chi connectivity index (χ1n) is 5.54. The van der Waals surface area contributed by atoms with Crippen LogP contribution in [-0.2, 0) is 6.54 Å². The minimum atomic E-state index is 0.422. The highest BCUT2D eigenvalue weighted by molar-refractivity contribution is 5.28. The van der Waals surface area contributed by atoms with Crippen molar-refractivity contribution in [2.45, 2.75) is 39.8 Å². The van der Waals surface area contributed by atoms with E-state index in [9.17, 15) is 0 Å². The fraction of sp³-hybridized carbons (Fsp3) is 0.727. The van der Waals surface area contributed by atoms with Gasteiger partial charge in [-0.05, 0) is 27.3 Å². The zero-order valence-corrected chi connectivity index (χ0v) is 10.1. The zero-order chi connectivity index (χ0) is 11.3. The molecule has 0 fully saturated rings. The summed E-state index contributed by atoms with van der Waals surface area (Å²) in [4.78, 5) is 6.62. The highest BCUT2D eigenvalue weighted by Crippen LogP contribution is 2.16. The molecule has 1 heterocycles. The highest BCUT2D eigenvalue weighted by Gasteiger charge is 2.14. The smallest absolute Gasteiger partial charge is 0.297 e. The molecule has 1 aromatic heterocycles. The maximum Gasteiger partial charge on any atom is 0.297 e. The predicted molar refractivity (Wildman–Crippen MR) is 62.0 cm³/mol. The van der Waals surface area contributed by atoms with E-state index < -0.39 is 0 Å². The average Bonchev–Trinajstić information content (AvgIpc) is 2.62. The third-order valence-corrected chi connectivity index (χ3v) is 2.23. The Hall–Kier alpha value is -1.03. The molecule has 0 aromatic carbocycles. The lowest BCUT2D eigenvalue weighted by molar-refractivity contribution is 0.509. The van der Waals surface area contributed by atoms with E-state index in [1.54, 1.807) is 6.26 Å². The fourth-order valence-electron chi connectivity index (χ4n) is 1.51. The lowest BCUT2D eigenvalue weighted by atomic mass is 10.3. The lowest BCUT2D eigenvalue weighted by Crippen LogP contribution is -2.31. The van der Waals surface area contributed by atoms with E-state index in [0.717, 1.165) is 31.2 Å². The molecule has 1 aromatic rings. The van der Waals surface area contributed by atoms with Gasteiger partial charge in [-0.3, -0.25) is 0 Å². The molecule has 0 aliphatic rings. The van der Waals surface area contributed by atoms with Crippen LogP contribution in [0.4, 0.5) is 6.01 Å². The summed E-state index contributed by atoms with van der Waals surface area (Å²) in [5.74, 6) is 0. The van der Waals surface area contributed by atoms with Gasteiger partial charge in [-0.1, -0.05) is 6.92 Å². The largest absolute Gasteiger partial charge is 0.432 e. The molecule has 0 atom stereocenters. The summed E-state index contributed by atoms with van der Waals surface area (Å²) in [5.41, 5.74) is 0.953. The summed E-state index contributed by atoms with van der Waals surface area (Å²) in [5, 5.41) is 3.06. The molecule has 15 heavy (non-hydrogen) atoms. The van der Waals surface area contributed by atoms with E-state index in [-0.39, 0.29) is 0 Å². The van der Waals surface area contributed by atoms with Crippen LogP contribution in [0.15, 0.2) is 10.7 Å². The minimum absolute atomic E-state index is 0.422. The summed E-state index contributed by atoms with van der Waals surface area (Å²) in [6, 6.07) is 1.16. The molecule has 0 saturated carbocycles. The lowest BCUT2D eigenvalue weighted by Gasteiger charge is -2.23. The first-order valence-corrected chi connectivity index (χ1v) is 5.54. The Morgan fingerprint density at radius 3 is 2.80 bits per heavy atom. The van der Waals surface area contributed by atoms with E-state index in [4.69, 9.17) is 4.42 Å². The van der Waals surface area contributed by atoms with Crippen LogP contribution < -0.4 is 10.2 Å². The van der Waals surface area contributed by atoms with E-state index in [0.29, 0.717) is 6.04 Å². The van der Waals surface area contributed by atoms with Gasteiger partial charge in [0.05, 0.1) is 5.69 Å². The Balaban J connectivity index is 2.72. The van der Waals surface area contributed by atoms with Gasteiger partial charge in [0.15, 0.2) is 0 Å². The van der Waals surface area contributed by atoms with Crippen molar-refractivity contribution in [1.29, 1.82) is 0 Å². The van der Waals surface area contributed by atoms with Crippen molar-refractivity contribution in [3.8, 4) is 0 Å². The molecule has 0 amide bonds. The van der Waals surface area contributed by atoms with Crippen LogP contribution in [0.25, 0.3) is 0 Å². The fourth-order valence-corrected chi connectivity index (χ4v) is 1.51. The number of anilines is 1. The van der Waals surface area contributed by atoms with Crippen molar-refractivity contribution in [3.05, 3.63) is 12.0 Å². The monoisotopic (exact) mass is 211 g/mol. The number of nitrogens with one attached hydrogen (secondary N) is 1. The zero-order valence-electron chi connectivity index (χ0n) is 10.1. The molecular weight excluding hydrogens is 190 g/mol. The van der Waals surface area contributed by atoms with Crippen molar-refractivity contribution >= 4 is 6.01 Å². The Morgan fingerprint density at radius 1 is 1.53 bits per heavy atom. The van der Waals surface area contributed by atoms with Crippen molar-refractivity contribution < 1.29 is 4.42 Å². The van der Waals surface area contributed by atoms with Gasteiger partial charge in [0.25, 0.3) is 6.01 Å².